The highest BCUT2D eigenvalue weighted by Gasteiger charge is 2.07. The molecule has 0 saturated heterocycles. The molecule has 0 heterocycles. The molecule has 1 aromatic rings. The van der Waals surface area contributed by atoms with Crippen molar-refractivity contribution in [3.63, 3.8) is 0 Å². The lowest BCUT2D eigenvalue weighted by atomic mass is 10.1. The van der Waals surface area contributed by atoms with Gasteiger partial charge in [0, 0.05) is 7.11 Å². The van der Waals surface area contributed by atoms with Crippen molar-refractivity contribution in [1.29, 1.82) is 0 Å². The maximum atomic E-state index is 13.1. The number of carbonyl (C=O) groups is 1. The van der Waals surface area contributed by atoms with Crippen molar-refractivity contribution in [2.24, 2.45) is 5.73 Å². The maximum absolute atomic E-state index is 13.1. The second kappa shape index (κ2) is 9.04. The Hall–Kier alpha value is -1.94. The van der Waals surface area contributed by atoms with Crippen molar-refractivity contribution < 1.29 is 18.7 Å². The molecule has 0 radical (unpaired) electrons. The van der Waals surface area contributed by atoms with Crippen molar-refractivity contribution in [1.82, 2.24) is 0 Å². The molecule has 1 rings (SSSR count). The lowest BCUT2D eigenvalue weighted by Crippen LogP contribution is -2.20. The van der Waals surface area contributed by atoms with Gasteiger partial charge < -0.3 is 20.5 Å². The van der Waals surface area contributed by atoms with Crippen LogP contribution in [0.2, 0.25) is 0 Å². The third kappa shape index (κ3) is 5.80. The predicted octanol–water partition coefficient (Wildman–Crippen LogP) is 0.737. The van der Waals surface area contributed by atoms with Gasteiger partial charge in [0.15, 0.2) is 0 Å². The van der Waals surface area contributed by atoms with E-state index in [-0.39, 0.29) is 19.1 Å². The first-order valence-electron chi connectivity index (χ1n) is 6.02. The van der Waals surface area contributed by atoms with E-state index in [4.69, 9.17) is 15.2 Å². The molecule has 0 aromatic heterocycles. The van der Waals surface area contributed by atoms with Gasteiger partial charge in [-0.3, -0.25) is 4.79 Å². The van der Waals surface area contributed by atoms with E-state index in [9.17, 15) is 9.18 Å². The molecule has 0 saturated carbocycles. The molecule has 1 aromatic carbocycles. The van der Waals surface area contributed by atoms with Gasteiger partial charge in [-0.05, 0) is 18.2 Å². The predicted molar refractivity (Wildman–Crippen MR) is 73.7 cm³/mol. The summed E-state index contributed by atoms with van der Waals surface area (Å²) < 4.78 is 23.0. The van der Waals surface area contributed by atoms with Gasteiger partial charge in [-0.25, -0.2) is 4.39 Å². The third-order valence-electron chi connectivity index (χ3n) is 2.25. The first-order valence-corrected chi connectivity index (χ1v) is 6.02. The summed E-state index contributed by atoms with van der Waals surface area (Å²) in [7, 11) is 1.55. The summed E-state index contributed by atoms with van der Waals surface area (Å²) in [5.41, 5.74) is 6.07. The molecule has 5 nitrogen and oxygen atoms in total. The second-order valence-corrected chi connectivity index (χ2v) is 3.79. The van der Waals surface area contributed by atoms with E-state index in [0.717, 1.165) is 0 Å². The molecular weight excluding hydrogens is 263 g/mol. The fourth-order valence-corrected chi connectivity index (χ4v) is 1.37. The van der Waals surface area contributed by atoms with Crippen molar-refractivity contribution >= 4 is 11.6 Å². The molecule has 0 unspecified atom stereocenters. The summed E-state index contributed by atoms with van der Waals surface area (Å²) in [4.78, 5) is 11.6. The van der Waals surface area contributed by atoms with Crippen LogP contribution < -0.4 is 11.1 Å². The molecule has 1 amide bonds. The number of halogens is 1. The number of ether oxygens (including phenoxy) is 2. The number of anilines is 1. The van der Waals surface area contributed by atoms with E-state index in [1.54, 1.807) is 7.11 Å². The van der Waals surface area contributed by atoms with E-state index < -0.39 is 5.82 Å². The quantitative estimate of drug-likeness (QED) is 0.595. The fraction of sp³-hybridized carbons (Fsp3) is 0.357. The third-order valence-corrected chi connectivity index (χ3v) is 2.25. The SMILES string of the molecule is COCCOCC(=O)Nc1ccc(F)cc1C#CCN. The summed E-state index contributed by atoms with van der Waals surface area (Å²) in [6.45, 7) is 0.790. The van der Waals surface area contributed by atoms with E-state index in [1.807, 2.05) is 0 Å². The minimum Gasteiger partial charge on any atom is -0.382 e. The first kappa shape index (κ1) is 16.1. The molecule has 0 atom stereocenters. The number of carbonyl (C=O) groups excluding carboxylic acids is 1. The van der Waals surface area contributed by atoms with Gasteiger partial charge in [-0.1, -0.05) is 11.8 Å². The molecule has 20 heavy (non-hydrogen) atoms. The van der Waals surface area contributed by atoms with Crippen molar-refractivity contribution in [3.05, 3.63) is 29.6 Å². The van der Waals surface area contributed by atoms with Crippen LogP contribution in [0.4, 0.5) is 10.1 Å². The molecule has 0 aliphatic rings. The highest BCUT2D eigenvalue weighted by atomic mass is 19.1. The standard InChI is InChI=1S/C14H17FN2O3/c1-19-7-8-20-10-14(18)17-13-5-4-12(15)9-11(13)3-2-6-16/h4-5,9H,6-8,10,16H2,1H3,(H,17,18). The van der Waals surface area contributed by atoms with Crippen LogP contribution >= 0.6 is 0 Å². The number of methoxy groups -OCH3 is 1. The number of nitrogens with two attached hydrogens (primary N) is 1. The lowest BCUT2D eigenvalue weighted by molar-refractivity contribution is -0.121. The Morgan fingerprint density at radius 3 is 2.95 bits per heavy atom. The molecule has 0 spiro atoms. The minimum absolute atomic E-state index is 0.107. The number of rotatable bonds is 6. The van der Waals surface area contributed by atoms with Crippen LogP contribution in [-0.4, -0.2) is 39.4 Å². The van der Waals surface area contributed by atoms with Gasteiger partial charge in [0.1, 0.15) is 12.4 Å². The van der Waals surface area contributed by atoms with Crippen LogP contribution in [0.25, 0.3) is 0 Å². The summed E-state index contributed by atoms with van der Waals surface area (Å²) in [5, 5.41) is 2.61. The average molecular weight is 280 g/mol. The lowest BCUT2D eigenvalue weighted by Gasteiger charge is -2.08. The Kier molecular flexibility index (Phi) is 7.29. The molecule has 0 fully saturated rings. The Labute approximate surface area is 117 Å². The average Bonchev–Trinajstić information content (AvgIpc) is 2.44. The van der Waals surface area contributed by atoms with Gasteiger partial charge in [0.05, 0.1) is 31.0 Å². The number of amides is 1. The van der Waals surface area contributed by atoms with Gasteiger partial charge in [-0.15, -0.1) is 0 Å². The molecule has 0 aliphatic heterocycles. The summed E-state index contributed by atoms with van der Waals surface area (Å²) in [5.74, 6) is 4.55. The summed E-state index contributed by atoms with van der Waals surface area (Å²) in [6, 6.07) is 3.93. The minimum atomic E-state index is -0.430. The molecule has 0 bridgehead atoms. The monoisotopic (exact) mass is 280 g/mol. The van der Waals surface area contributed by atoms with Crippen LogP contribution in [-0.2, 0) is 14.3 Å². The Balaban J connectivity index is 2.64. The van der Waals surface area contributed by atoms with Crippen molar-refractivity contribution in [2.45, 2.75) is 0 Å². The van der Waals surface area contributed by atoms with Gasteiger partial charge in [0.2, 0.25) is 5.91 Å². The fourth-order valence-electron chi connectivity index (χ4n) is 1.37. The largest absolute Gasteiger partial charge is 0.382 e. The molecule has 6 heteroatoms. The van der Waals surface area contributed by atoms with Gasteiger partial charge >= 0.3 is 0 Å². The van der Waals surface area contributed by atoms with E-state index in [1.165, 1.54) is 18.2 Å². The smallest absolute Gasteiger partial charge is 0.250 e. The first-order chi connectivity index (χ1) is 9.67. The second-order valence-electron chi connectivity index (χ2n) is 3.79. The highest BCUT2D eigenvalue weighted by Crippen LogP contribution is 2.15. The van der Waals surface area contributed by atoms with E-state index in [0.29, 0.717) is 24.5 Å². The number of benzene rings is 1. The van der Waals surface area contributed by atoms with Gasteiger partial charge in [0.25, 0.3) is 0 Å². The van der Waals surface area contributed by atoms with Crippen LogP contribution in [0.15, 0.2) is 18.2 Å². The van der Waals surface area contributed by atoms with Crippen LogP contribution in [0.1, 0.15) is 5.56 Å². The zero-order valence-corrected chi connectivity index (χ0v) is 11.2. The Bertz CT molecular complexity index is 509. The normalized spacial score (nSPS) is 9.75. The molecule has 0 aliphatic carbocycles. The number of nitrogens with one attached hydrogen (secondary N) is 1. The number of hydrogen-bond donors (Lipinski definition) is 2. The van der Waals surface area contributed by atoms with Gasteiger partial charge in [-0.2, -0.15) is 0 Å². The molecule has 108 valence electrons. The van der Waals surface area contributed by atoms with Crippen molar-refractivity contribution in [3.8, 4) is 11.8 Å². The summed E-state index contributed by atoms with van der Waals surface area (Å²) in [6.07, 6.45) is 0. The zero-order chi connectivity index (χ0) is 14.8. The van der Waals surface area contributed by atoms with Crippen molar-refractivity contribution in [2.75, 3.05) is 38.8 Å². The van der Waals surface area contributed by atoms with E-state index >= 15 is 0 Å². The van der Waals surface area contributed by atoms with Crippen LogP contribution in [0, 0.1) is 17.7 Å². The van der Waals surface area contributed by atoms with Crippen LogP contribution in [0.3, 0.4) is 0 Å². The topological polar surface area (TPSA) is 73.6 Å². The Morgan fingerprint density at radius 2 is 2.25 bits per heavy atom. The van der Waals surface area contributed by atoms with E-state index in [2.05, 4.69) is 17.2 Å². The highest BCUT2D eigenvalue weighted by molar-refractivity contribution is 5.93. The van der Waals surface area contributed by atoms with Crippen LogP contribution in [0.5, 0.6) is 0 Å². The Morgan fingerprint density at radius 1 is 1.45 bits per heavy atom. The molecule has 3 N–H and O–H groups in total. The summed E-state index contributed by atoms with van der Waals surface area (Å²) >= 11 is 0. The molecular formula is C14H17FN2O3. The number of hydrogen-bond acceptors (Lipinski definition) is 4. The zero-order valence-electron chi connectivity index (χ0n) is 11.2. The maximum Gasteiger partial charge on any atom is 0.250 e.